The normalized spacial score (nSPS) is 10.2. The fraction of sp³-hybridized carbons (Fsp3) is 0.250. The minimum Gasteiger partial charge on any atom is -0.396 e. The molecule has 2 rings (SSSR count). The summed E-state index contributed by atoms with van der Waals surface area (Å²) in [5, 5.41) is 18.4. The molecule has 0 saturated carbocycles. The zero-order chi connectivity index (χ0) is 15.9. The molecule has 0 bridgehead atoms. The van der Waals surface area contributed by atoms with Crippen LogP contribution in [0.3, 0.4) is 0 Å². The van der Waals surface area contributed by atoms with E-state index in [0.29, 0.717) is 35.9 Å². The van der Waals surface area contributed by atoms with E-state index in [4.69, 9.17) is 22.0 Å². The van der Waals surface area contributed by atoms with Crippen molar-refractivity contribution in [2.24, 2.45) is 0 Å². The van der Waals surface area contributed by atoms with E-state index in [0.717, 1.165) is 5.56 Å². The van der Waals surface area contributed by atoms with Crippen molar-refractivity contribution in [3.05, 3.63) is 58.4 Å². The zero-order valence-electron chi connectivity index (χ0n) is 11.9. The summed E-state index contributed by atoms with van der Waals surface area (Å²) in [5.41, 5.74) is 1.61. The summed E-state index contributed by atoms with van der Waals surface area (Å²) in [6.07, 6.45) is 0.484. The number of H-pyrrole nitrogens is 1. The molecule has 0 saturated heterocycles. The van der Waals surface area contributed by atoms with Crippen molar-refractivity contribution in [3.63, 3.8) is 0 Å². The molecule has 2 N–H and O–H groups in total. The van der Waals surface area contributed by atoms with Crippen LogP contribution in [0.4, 0.5) is 0 Å². The lowest BCUT2D eigenvalue weighted by molar-refractivity contribution is 0.0726. The number of amides is 1. The van der Waals surface area contributed by atoms with Crippen LogP contribution < -0.4 is 0 Å². The Balaban J connectivity index is 2.17. The summed E-state index contributed by atoms with van der Waals surface area (Å²) in [6.45, 7) is 0.816. The molecule has 0 spiro atoms. The van der Waals surface area contributed by atoms with Crippen molar-refractivity contribution in [3.8, 4) is 6.07 Å². The monoisotopic (exact) mass is 317 g/mol. The first kappa shape index (κ1) is 16.1. The van der Waals surface area contributed by atoms with Crippen LogP contribution in [-0.4, -0.2) is 34.0 Å². The zero-order valence-corrected chi connectivity index (χ0v) is 12.7. The Morgan fingerprint density at radius 1 is 1.36 bits per heavy atom. The van der Waals surface area contributed by atoms with Gasteiger partial charge in [0, 0.05) is 24.7 Å². The predicted octanol–water partition coefficient (Wildman–Crippen LogP) is 2.56. The summed E-state index contributed by atoms with van der Waals surface area (Å²) >= 11 is 5.97. The van der Waals surface area contributed by atoms with Gasteiger partial charge in [0.05, 0.1) is 0 Å². The molecule has 1 aromatic carbocycles. The van der Waals surface area contributed by atoms with Gasteiger partial charge in [0.1, 0.15) is 17.5 Å². The first-order valence-corrected chi connectivity index (χ1v) is 7.25. The maximum absolute atomic E-state index is 12.5. The summed E-state index contributed by atoms with van der Waals surface area (Å²) in [6, 6.07) is 12.4. The third-order valence-electron chi connectivity index (χ3n) is 3.17. The van der Waals surface area contributed by atoms with Crippen LogP contribution in [0.1, 0.15) is 28.2 Å². The van der Waals surface area contributed by atoms with Crippen molar-refractivity contribution in [2.45, 2.75) is 13.0 Å². The quantitative estimate of drug-likeness (QED) is 0.859. The Bertz CT molecular complexity index is 691. The highest BCUT2D eigenvalue weighted by Crippen LogP contribution is 2.15. The van der Waals surface area contributed by atoms with E-state index in [1.165, 1.54) is 0 Å². The smallest absolute Gasteiger partial charge is 0.270 e. The molecule has 22 heavy (non-hydrogen) atoms. The van der Waals surface area contributed by atoms with Crippen molar-refractivity contribution >= 4 is 17.5 Å². The number of aliphatic hydroxyl groups is 1. The third kappa shape index (κ3) is 4.10. The molecule has 0 atom stereocenters. The molecular weight excluding hydrogens is 302 g/mol. The first-order chi connectivity index (χ1) is 10.6. The Morgan fingerprint density at radius 3 is 2.82 bits per heavy atom. The van der Waals surface area contributed by atoms with Gasteiger partial charge in [0.25, 0.3) is 5.91 Å². The second-order valence-electron chi connectivity index (χ2n) is 4.83. The van der Waals surface area contributed by atoms with E-state index in [-0.39, 0.29) is 12.5 Å². The molecule has 0 radical (unpaired) electrons. The average molecular weight is 318 g/mol. The van der Waals surface area contributed by atoms with Gasteiger partial charge in [0.2, 0.25) is 0 Å². The van der Waals surface area contributed by atoms with Gasteiger partial charge >= 0.3 is 0 Å². The van der Waals surface area contributed by atoms with Gasteiger partial charge in [0.15, 0.2) is 0 Å². The second kappa shape index (κ2) is 7.64. The van der Waals surface area contributed by atoms with E-state index in [1.807, 2.05) is 18.2 Å². The molecule has 5 nitrogen and oxygen atoms in total. The number of halogens is 1. The first-order valence-electron chi connectivity index (χ1n) is 6.87. The van der Waals surface area contributed by atoms with E-state index in [1.54, 1.807) is 29.2 Å². The van der Waals surface area contributed by atoms with Gasteiger partial charge in [-0.05, 0) is 36.2 Å². The van der Waals surface area contributed by atoms with Gasteiger partial charge in [-0.15, -0.1) is 0 Å². The second-order valence-corrected chi connectivity index (χ2v) is 5.27. The van der Waals surface area contributed by atoms with Crippen molar-refractivity contribution in [1.29, 1.82) is 5.26 Å². The summed E-state index contributed by atoms with van der Waals surface area (Å²) in [4.78, 5) is 16.9. The van der Waals surface area contributed by atoms with E-state index >= 15 is 0 Å². The van der Waals surface area contributed by atoms with E-state index < -0.39 is 0 Å². The fourth-order valence-electron chi connectivity index (χ4n) is 2.13. The number of aromatic amines is 1. The van der Waals surface area contributed by atoms with Crippen LogP contribution in [0, 0.1) is 11.3 Å². The topological polar surface area (TPSA) is 80.1 Å². The van der Waals surface area contributed by atoms with Crippen LogP contribution in [0.5, 0.6) is 0 Å². The number of carbonyl (C=O) groups is 1. The molecule has 0 aliphatic carbocycles. The lowest BCUT2D eigenvalue weighted by atomic mass is 10.2. The van der Waals surface area contributed by atoms with Crippen molar-refractivity contribution < 1.29 is 9.90 Å². The number of aliphatic hydroxyl groups excluding tert-OH is 1. The number of benzene rings is 1. The number of nitrogens with zero attached hydrogens (tertiary/aromatic N) is 2. The van der Waals surface area contributed by atoms with Gasteiger partial charge in [-0.1, -0.05) is 23.7 Å². The highest BCUT2D eigenvalue weighted by molar-refractivity contribution is 6.30. The van der Waals surface area contributed by atoms with Gasteiger partial charge in [-0.25, -0.2) is 0 Å². The van der Waals surface area contributed by atoms with Crippen molar-refractivity contribution in [2.75, 3.05) is 13.2 Å². The summed E-state index contributed by atoms with van der Waals surface area (Å²) < 4.78 is 0. The molecule has 0 aliphatic rings. The molecule has 1 aromatic heterocycles. The molecule has 114 valence electrons. The van der Waals surface area contributed by atoms with Gasteiger partial charge in [-0.3, -0.25) is 4.79 Å². The number of rotatable bonds is 6. The average Bonchev–Trinajstić information content (AvgIpc) is 3.00. The van der Waals surface area contributed by atoms with Gasteiger partial charge < -0.3 is 15.0 Å². The molecular formula is C16H16ClN3O2. The predicted molar refractivity (Wildman–Crippen MR) is 83.4 cm³/mol. The van der Waals surface area contributed by atoms with Crippen LogP contribution in [0.2, 0.25) is 5.02 Å². The largest absolute Gasteiger partial charge is 0.396 e. The SMILES string of the molecule is N#Cc1ccc(C(=O)N(CCCO)Cc2cccc(Cl)c2)[nH]1. The number of hydrogen-bond acceptors (Lipinski definition) is 3. The van der Waals surface area contributed by atoms with Crippen LogP contribution >= 0.6 is 11.6 Å². The Morgan fingerprint density at radius 2 is 2.18 bits per heavy atom. The lowest BCUT2D eigenvalue weighted by Gasteiger charge is -2.22. The van der Waals surface area contributed by atoms with E-state index in [2.05, 4.69) is 4.98 Å². The molecule has 0 unspecified atom stereocenters. The molecule has 1 heterocycles. The molecule has 0 fully saturated rings. The van der Waals surface area contributed by atoms with Crippen molar-refractivity contribution in [1.82, 2.24) is 9.88 Å². The molecule has 2 aromatic rings. The highest BCUT2D eigenvalue weighted by Gasteiger charge is 2.17. The number of nitrogens with one attached hydrogen (secondary N) is 1. The number of aromatic nitrogens is 1. The van der Waals surface area contributed by atoms with Crippen LogP contribution in [0.25, 0.3) is 0 Å². The Kier molecular flexibility index (Phi) is 5.59. The maximum Gasteiger partial charge on any atom is 0.270 e. The number of nitriles is 1. The Labute approximate surface area is 133 Å². The lowest BCUT2D eigenvalue weighted by Crippen LogP contribution is -2.32. The third-order valence-corrected chi connectivity index (χ3v) is 3.41. The Hall–Kier alpha value is -2.29. The number of carbonyl (C=O) groups excluding carboxylic acids is 1. The highest BCUT2D eigenvalue weighted by atomic mass is 35.5. The summed E-state index contributed by atoms with van der Waals surface area (Å²) in [5.74, 6) is -0.213. The molecule has 0 aliphatic heterocycles. The van der Waals surface area contributed by atoms with Crippen LogP contribution in [0.15, 0.2) is 36.4 Å². The van der Waals surface area contributed by atoms with Gasteiger partial charge in [-0.2, -0.15) is 5.26 Å². The standard InChI is InChI=1S/C16H16ClN3O2/c17-13-4-1-3-12(9-13)11-20(7-2-8-21)16(22)15-6-5-14(10-18)19-15/h1,3-6,9,19,21H,2,7-8,11H2. The van der Waals surface area contributed by atoms with Crippen LogP contribution in [-0.2, 0) is 6.54 Å². The minimum atomic E-state index is -0.213. The fourth-order valence-corrected chi connectivity index (χ4v) is 2.34. The number of hydrogen-bond donors (Lipinski definition) is 2. The molecule has 1 amide bonds. The summed E-state index contributed by atoms with van der Waals surface area (Å²) in [7, 11) is 0. The van der Waals surface area contributed by atoms with E-state index in [9.17, 15) is 4.79 Å². The molecule has 6 heteroatoms. The maximum atomic E-state index is 12.5. The minimum absolute atomic E-state index is 0.00744.